The SMILES string of the molecule is Fc1cc(C(F)F)nc(Br)c1Cl. The lowest BCUT2D eigenvalue weighted by Gasteiger charge is -2.01. The Morgan fingerprint density at radius 3 is 2.50 bits per heavy atom. The normalized spacial score (nSPS) is 10.8. The first-order valence-corrected chi connectivity index (χ1v) is 3.99. The van der Waals surface area contributed by atoms with E-state index in [2.05, 4.69) is 20.9 Å². The van der Waals surface area contributed by atoms with Crippen molar-refractivity contribution in [1.29, 1.82) is 0 Å². The number of pyridine rings is 1. The van der Waals surface area contributed by atoms with Crippen molar-refractivity contribution in [3.63, 3.8) is 0 Å². The highest BCUT2D eigenvalue weighted by molar-refractivity contribution is 9.10. The summed E-state index contributed by atoms with van der Waals surface area (Å²) >= 11 is 8.07. The Morgan fingerprint density at radius 2 is 2.08 bits per heavy atom. The lowest BCUT2D eigenvalue weighted by Crippen LogP contribution is -1.93. The number of nitrogens with zero attached hydrogens (tertiary/aromatic N) is 1. The minimum atomic E-state index is -2.80. The van der Waals surface area contributed by atoms with E-state index >= 15 is 0 Å². The van der Waals surface area contributed by atoms with Crippen molar-refractivity contribution in [2.75, 3.05) is 0 Å². The molecule has 0 unspecified atom stereocenters. The molecule has 0 spiro atoms. The zero-order valence-corrected chi connectivity index (χ0v) is 7.83. The largest absolute Gasteiger partial charge is 0.280 e. The summed E-state index contributed by atoms with van der Waals surface area (Å²) in [6.45, 7) is 0. The second-order valence-electron chi connectivity index (χ2n) is 1.93. The van der Waals surface area contributed by atoms with E-state index in [1.54, 1.807) is 0 Å². The fourth-order valence-corrected chi connectivity index (χ4v) is 1.09. The molecule has 0 bridgehead atoms. The smallest absolute Gasteiger partial charge is 0.238 e. The molecule has 0 atom stereocenters. The van der Waals surface area contributed by atoms with Crippen LogP contribution in [-0.4, -0.2) is 4.98 Å². The summed E-state index contributed by atoms with van der Waals surface area (Å²) in [7, 11) is 0. The van der Waals surface area contributed by atoms with Crippen molar-refractivity contribution >= 4 is 27.5 Å². The van der Waals surface area contributed by atoms with Crippen molar-refractivity contribution in [1.82, 2.24) is 4.98 Å². The molecule has 6 heteroatoms. The number of alkyl halides is 2. The molecule has 0 N–H and O–H groups in total. The molecule has 12 heavy (non-hydrogen) atoms. The Morgan fingerprint density at radius 1 is 1.50 bits per heavy atom. The van der Waals surface area contributed by atoms with Crippen LogP contribution in [0, 0.1) is 5.82 Å². The molecule has 0 aliphatic carbocycles. The van der Waals surface area contributed by atoms with E-state index in [4.69, 9.17) is 11.6 Å². The van der Waals surface area contributed by atoms with Gasteiger partial charge in [-0.15, -0.1) is 0 Å². The van der Waals surface area contributed by atoms with E-state index in [0.29, 0.717) is 6.07 Å². The molecule has 0 saturated heterocycles. The predicted octanol–water partition coefficient (Wildman–Crippen LogP) is 3.57. The quantitative estimate of drug-likeness (QED) is 0.703. The third-order valence-electron chi connectivity index (χ3n) is 1.12. The van der Waals surface area contributed by atoms with Crippen LogP contribution in [0.3, 0.4) is 0 Å². The van der Waals surface area contributed by atoms with E-state index in [9.17, 15) is 13.2 Å². The van der Waals surface area contributed by atoms with Gasteiger partial charge in [-0.3, -0.25) is 0 Å². The van der Waals surface area contributed by atoms with Crippen molar-refractivity contribution in [3.05, 3.63) is 27.2 Å². The molecule has 66 valence electrons. The Kier molecular flexibility index (Phi) is 2.95. The fraction of sp³-hybridized carbons (Fsp3) is 0.167. The molecule has 0 aromatic carbocycles. The summed E-state index contributed by atoms with van der Waals surface area (Å²) in [5.74, 6) is -0.908. The maximum atomic E-state index is 12.7. The van der Waals surface area contributed by atoms with Crippen LogP contribution in [0.15, 0.2) is 10.7 Å². The lowest BCUT2D eigenvalue weighted by atomic mass is 10.3. The topological polar surface area (TPSA) is 12.9 Å². The predicted molar refractivity (Wildman–Crippen MR) is 41.9 cm³/mol. The monoisotopic (exact) mass is 259 g/mol. The van der Waals surface area contributed by atoms with Gasteiger partial charge in [-0.25, -0.2) is 18.2 Å². The van der Waals surface area contributed by atoms with E-state index in [-0.39, 0.29) is 9.63 Å². The fourth-order valence-electron chi connectivity index (χ4n) is 0.598. The van der Waals surface area contributed by atoms with E-state index in [0.717, 1.165) is 0 Å². The van der Waals surface area contributed by atoms with Crippen LogP contribution in [0.2, 0.25) is 5.02 Å². The average Bonchev–Trinajstić information content (AvgIpc) is 1.99. The molecule has 1 aromatic rings. The molecule has 0 aliphatic rings. The van der Waals surface area contributed by atoms with Crippen LogP contribution in [-0.2, 0) is 0 Å². The van der Waals surface area contributed by atoms with Gasteiger partial charge in [0.1, 0.15) is 21.1 Å². The Balaban J connectivity index is 3.21. The number of aromatic nitrogens is 1. The molecule has 1 rings (SSSR count). The molecular formula is C6H2BrClF3N. The first-order chi connectivity index (χ1) is 5.52. The highest BCUT2D eigenvalue weighted by atomic mass is 79.9. The molecule has 0 aliphatic heterocycles. The second kappa shape index (κ2) is 3.62. The first kappa shape index (κ1) is 9.80. The standard InChI is InChI=1S/C6H2BrClF3N/c7-5-4(8)2(9)1-3(12-5)6(10)11/h1,6H. The third-order valence-corrected chi connectivity index (χ3v) is 2.28. The van der Waals surface area contributed by atoms with Crippen LogP contribution >= 0.6 is 27.5 Å². The van der Waals surface area contributed by atoms with E-state index < -0.39 is 17.9 Å². The Bertz CT molecular complexity index is 282. The summed E-state index contributed by atoms with van der Waals surface area (Å²) in [4.78, 5) is 3.33. The van der Waals surface area contributed by atoms with Crippen molar-refractivity contribution in [3.8, 4) is 0 Å². The van der Waals surface area contributed by atoms with Crippen LogP contribution in [0.1, 0.15) is 12.1 Å². The molecule has 1 heterocycles. The van der Waals surface area contributed by atoms with Gasteiger partial charge in [-0.05, 0) is 15.9 Å². The van der Waals surface area contributed by atoms with Gasteiger partial charge >= 0.3 is 0 Å². The number of rotatable bonds is 1. The van der Waals surface area contributed by atoms with Gasteiger partial charge in [0.25, 0.3) is 6.43 Å². The van der Waals surface area contributed by atoms with Gasteiger partial charge in [0.15, 0.2) is 0 Å². The minimum Gasteiger partial charge on any atom is -0.238 e. The number of hydrogen-bond donors (Lipinski definition) is 0. The van der Waals surface area contributed by atoms with Crippen molar-refractivity contribution < 1.29 is 13.2 Å². The molecule has 1 nitrogen and oxygen atoms in total. The van der Waals surface area contributed by atoms with Gasteiger partial charge in [0.2, 0.25) is 0 Å². The Hall–Kier alpha value is -0.290. The average molecular weight is 260 g/mol. The highest BCUT2D eigenvalue weighted by Gasteiger charge is 2.14. The maximum Gasteiger partial charge on any atom is 0.280 e. The van der Waals surface area contributed by atoms with Crippen LogP contribution < -0.4 is 0 Å². The summed E-state index contributed by atoms with van der Waals surface area (Å²) in [5, 5.41) is -0.292. The summed E-state index contributed by atoms with van der Waals surface area (Å²) in [6.07, 6.45) is -2.80. The minimum absolute atomic E-state index is 0.112. The lowest BCUT2D eigenvalue weighted by molar-refractivity contribution is 0.145. The van der Waals surface area contributed by atoms with Gasteiger partial charge in [-0.1, -0.05) is 11.6 Å². The van der Waals surface area contributed by atoms with Crippen LogP contribution in [0.25, 0.3) is 0 Å². The zero-order chi connectivity index (χ0) is 9.30. The van der Waals surface area contributed by atoms with Gasteiger partial charge < -0.3 is 0 Å². The third kappa shape index (κ3) is 1.90. The van der Waals surface area contributed by atoms with Crippen LogP contribution in [0.4, 0.5) is 13.2 Å². The number of halogens is 5. The molecule has 0 radical (unpaired) electrons. The Labute approximate surface area is 79.7 Å². The molecule has 0 saturated carbocycles. The number of hydrogen-bond acceptors (Lipinski definition) is 1. The highest BCUT2D eigenvalue weighted by Crippen LogP contribution is 2.27. The maximum absolute atomic E-state index is 12.7. The summed E-state index contributed by atoms with van der Waals surface area (Å²) in [6, 6.07) is 0.609. The zero-order valence-electron chi connectivity index (χ0n) is 5.49. The van der Waals surface area contributed by atoms with E-state index in [1.807, 2.05) is 0 Å². The summed E-state index contributed by atoms with van der Waals surface area (Å²) < 4.78 is 36.5. The molecule has 0 fully saturated rings. The first-order valence-electron chi connectivity index (χ1n) is 2.82. The van der Waals surface area contributed by atoms with Gasteiger partial charge in [0, 0.05) is 6.07 Å². The van der Waals surface area contributed by atoms with Crippen LogP contribution in [0.5, 0.6) is 0 Å². The summed E-state index contributed by atoms with van der Waals surface area (Å²) in [5.41, 5.74) is -0.635. The van der Waals surface area contributed by atoms with Crippen molar-refractivity contribution in [2.45, 2.75) is 6.43 Å². The van der Waals surface area contributed by atoms with E-state index in [1.165, 1.54) is 0 Å². The molecule has 0 amide bonds. The van der Waals surface area contributed by atoms with Crippen molar-refractivity contribution in [2.24, 2.45) is 0 Å². The second-order valence-corrected chi connectivity index (χ2v) is 3.06. The molecule has 1 aromatic heterocycles. The van der Waals surface area contributed by atoms with Gasteiger partial charge in [0.05, 0.1) is 0 Å². The van der Waals surface area contributed by atoms with Gasteiger partial charge in [-0.2, -0.15) is 0 Å². The molecular weight excluding hydrogens is 258 g/mol.